The van der Waals surface area contributed by atoms with Crippen LogP contribution in [-0.4, -0.2) is 57.5 Å². The molecule has 110 valence electrons. The molecule has 3 unspecified atom stereocenters. The lowest BCUT2D eigenvalue weighted by atomic mass is 10.1. The van der Waals surface area contributed by atoms with Crippen molar-refractivity contribution in [2.24, 2.45) is 0 Å². The second-order valence-corrected chi connectivity index (χ2v) is 5.85. The topological polar surface area (TPSA) is 60.9 Å². The number of carbonyl (C=O) groups excluding carboxylic acids is 1. The van der Waals surface area contributed by atoms with Gasteiger partial charge in [-0.2, -0.15) is 0 Å². The Morgan fingerprint density at radius 3 is 2.05 bits per heavy atom. The highest BCUT2D eigenvalue weighted by atomic mass is 16.4. The Morgan fingerprint density at radius 2 is 1.68 bits per heavy atom. The minimum atomic E-state index is -0.961. The van der Waals surface area contributed by atoms with Crippen LogP contribution >= 0.6 is 0 Å². The lowest BCUT2D eigenvalue weighted by molar-refractivity contribution is -0.148. The lowest BCUT2D eigenvalue weighted by Gasteiger charge is -2.36. The van der Waals surface area contributed by atoms with Crippen LogP contribution in [0.2, 0.25) is 0 Å². The second kappa shape index (κ2) is 6.37. The van der Waals surface area contributed by atoms with E-state index in [1.54, 1.807) is 0 Å². The van der Waals surface area contributed by atoms with Gasteiger partial charge in [-0.05, 0) is 47.5 Å². The Kier molecular flexibility index (Phi) is 5.35. The van der Waals surface area contributed by atoms with E-state index in [1.165, 1.54) is 4.90 Å². The first-order chi connectivity index (χ1) is 8.75. The zero-order valence-corrected chi connectivity index (χ0v) is 12.6. The predicted molar refractivity (Wildman–Crippen MR) is 73.9 cm³/mol. The molecule has 1 saturated heterocycles. The van der Waals surface area contributed by atoms with Crippen LogP contribution < -0.4 is 0 Å². The van der Waals surface area contributed by atoms with Crippen molar-refractivity contribution in [3.05, 3.63) is 0 Å². The van der Waals surface area contributed by atoms with Gasteiger partial charge in [0.05, 0.1) is 6.04 Å². The second-order valence-electron chi connectivity index (χ2n) is 5.85. The molecule has 1 N–H and O–H groups in total. The maximum Gasteiger partial charge on any atom is 0.323 e. The average Bonchev–Trinajstić information content (AvgIpc) is 2.63. The summed E-state index contributed by atoms with van der Waals surface area (Å²) in [6.45, 7) is 9.62. The largest absolute Gasteiger partial charge is 0.480 e. The Bertz CT molecular complexity index is 334. The minimum Gasteiger partial charge on any atom is -0.480 e. The van der Waals surface area contributed by atoms with E-state index >= 15 is 0 Å². The van der Waals surface area contributed by atoms with Crippen molar-refractivity contribution in [3.8, 4) is 0 Å². The maximum atomic E-state index is 12.5. The molecule has 5 heteroatoms. The number of rotatable bonds is 5. The fourth-order valence-corrected chi connectivity index (χ4v) is 3.01. The average molecular weight is 270 g/mol. The fraction of sp³-hybridized carbons (Fsp3) is 0.857. The van der Waals surface area contributed by atoms with Crippen LogP contribution in [0.5, 0.6) is 0 Å². The van der Waals surface area contributed by atoms with Crippen molar-refractivity contribution in [3.63, 3.8) is 0 Å². The van der Waals surface area contributed by atoms with E-state index in [-0.39, 0.29) is 24.5 Å². The zero-order chi connectivity index (χ0) is 14.7. The molecule has 0 radical (unpaired) electrons. The van der Waals surface area contributed by atoms with Crippen LogP contribution in [-0.2, 0) is 9.59 Å². The summed E-state index contributed by atoms with van der Waals surface area (Å²) in [6, 6.07) is 0.411. The molecule has 0 aromatic heterocycles. The molecule has 1 aliphatic heterocycles. The Morgan fingerprint density at radius 1 is 1.21 bits per heavy atom. The molecule has 5 nitrogen and oxygen atoms in total. The third-order valence-electron chi connectivity index (χ3n) is 4.04. The summed E-state index contributed by atoms with van der Waals surface area (Å²) in [7, 11) is 0. The van der Waals surface area contributed by atoms with Crippen molar-refractivity contribution < 1.29 is 14.7 Å². The molecule has 1 aliphatic rings. The molecule has 0 aromatic rings. The highest BCUT2D eigenvalue weighted by molar-refractivity contribution is 5.85. The number of hydrogen-bond donors (Lipinski definition) is 1. The number of aliphatic carboxylic acids is 1. The molecule has 0 saturated carbocycles. The number of carboxylic acid groups (broad SMARTS) is 1. The predicted octanol–water partition coefficient (Wildman–Crippen LogP) is 1.57. The minimum absolute atomic E-state index is 0.0852. The van der Waals surface area contributed by atoms with Crippen LogP contribution in [0, 0.1) is 0 Å². The quantitative estimate of drug-likeness (QED) is 0.823. The zero-order valence-electron chi connectivity index (χ0n) is 12.6. The highest BCUT2D eigenvalue weighted by Crippen LogP contribution is 2.26. The maximum absolute atomic E-state index is 12.5. The molecule has 0 spiro atoms. The molecule has 0 bridgehead atoms. The standard InChI is InChI=1S/C14H26N2O3/c1-9(2)15(8-13(17)18)14(19)12(5)16-10(3)6-7-11(16)4/h9-12H,6-8H2,1-5H3,(H,17,18). The third kappa shape index (κ3) is 3.69. The van der Waals surface area contributed by atoms with E-state index in [2.05, 4.69) is 18.7 Å². The van der Waals surface area contributed by atoms with Gasteiger partial charge in [-0.25, -0.2) is 0 Å². The van der Waals surface area contributed by atoms with Gasteiger partial charge in [-0.15, -0.1) is 0 Å². The van der Waals surface area contributed by atoms with Crippen molar-refractivity contribution in [1.82, 2.24) is 9.80 Å². The summed E-state index contributed by atoms with van der Waals surface area (Å²) in [6.07, 6.45) is 2.19. The van der Waals surface area contributed by atoms with E-state index in [9.17, 15) is 9.59 Å². The highest BCUT2D eigenvalue weighted by Gasteiger charge is 2.36. The summed E-state index contributed by atoms with van der Waals surface area (Å²) in [5.41, 5.74) is 0. The smallest absolute Gasteiger partial charge is 0.323 e. The summed E-state index contributed by atoms with van der Waals surface area (Å²) in [4.78, 5) is 27.1. The first kappa shape index (κ1) is 16.0. The van der Waals surface area contributed by atoms with E-state index in [0.29, 0.717) is 12.1 Å². The number of amides is 1. The van der Waals surface area contributed by atoms with Gasteiger partial charge in [-0.3, -0.25) is 14.5 Å². The van der Waals surface area contributed by atoms with E-state index in [1.807, 2.05) is 20.8 Å². The van der Waals surface area contributed by atoms with Crippen molar-refractivity contribution >= 4 is 11.9 Å². The van der Waals surface area contributed by atoms with Gasteiger partial charge in [0.15, 0.2) is 0 Å². The van der Waals surface area contributed by atoms with E-state index in [0.717, 1.165) is 12.8 Å². The molecule has 1 heterocycles. The molecular formula is C14H26N2O3. The van der Waals surface area contributed by atoms with Crippen molar-refractivity contribution in [2.75, 3.05) is 6.54 Å². The first-order valence-corrected chi connectivity index (χ1v) is 7.05. The fourth-order valence-electron chi connectivity index (χ4n) is 3.01. The number of hydrogen-bond acceptors (Lipinski definition) is 3. The van der Waals surface area contributed by atoms with Crippen LogP contribution in [0.25, 0.3) is 0 Å². The van der Waals surface area contributed by atoms with Crippen LogP contribution in [0.4, 0.5) is 0 Å². The number of carbonyl (C=O) groups is 2. The van der Waals surface area contributed by atoms with Gasteiger partial charge in [0, 0.05) is 18.1 Å². The van der Waals surface area contributed by atoms with Gasteiger partial charge in [0.25, 0.3) is 0 Å². The molecular weight excluding hydrogens is 244 g/mol. The lowest BCUT2D eigenvalue weighted by Crippen LogP contribution is -2.53. The third-order valence-corrected chi connectivity index (χ3v) is 4.04. The number of likely N-dealkylation sites (tertiary alicyclic amines) is 1. The number of nitrogens with zero attached hydrogens (tertiary/aromatic N) is 2. The monoisotopic (exact) mass is 270 g/mol. The Labute approximate surface area is 115 Å². The molecule has 0 aliphatic carbocycles. The van der Waals surface area contributed by atoms with Gasteiger partial charge >= 0.3 is 5.97 Å². The van der Waals surface area contributed by atoms with E-state index < -0.39 is 5.97 Å². The van der Waals surface area contributed by atoms with Gasteiger partial charge in [0.1, 0.15) is 6.54 Å². The summed E-state index contributed by atoms with van der Waals surface area (Å²) in [5.74, 6) is -1.05. The molecule has 1 fully saturated rings. The van der Waals surface area contributed by atoms with E-state index in [4.69, 9.17) is 5.11 Å². The molecule has 1 rings (SSSR count). The van der Waals surface area contributed by atoms with Gasteiger partial charge in [-0.1, -0.05) is 0 Å². The summed E-state index contributed by atoms with van der Waals surface area (Å²) in [5, 5.41) is 8.93. The molecule has 3 atom stereocenters. The summed E-state index contributed by atoms with van der Waals surface area (Å²) >= 11 is 0. The van der Waals surface area contributed by atoms with Gasteiger partial charge in [0.2, 0.25) is 5.91 Å². The summed E-state index contributed by atoms with van der Waals surface area (Å²) < 4.78 is 0. The molecule has 19 heavy (non-hydrogen) atoms. The SMILES string of the molecule is CC(C)N(CC(=O)O)C(=O)C(C)N1C(C)CCC1C. The molecule has 0 aromatic carbocycles. The first-order valence-electron chi connectivity index (χ1n) is 7.05. The van der Waals surface area contributed by atoms with Crippen molar-refractivity contribution in [2.45, 2.75) is 71.6 Å². The van der Waals surface area contributed by atoms with Crippen LogP contribution in [0.3, 0.4) is 0 Å². The normalized spacial score (nSPS) is 25.6. The van der Waals surface area contributed by atoms with Crippen LogP contribution in [0.15, 0.2) is 0 Å². The van der Waals surface area contributed by atoms with Gasteiger partial charge < -0.3 is 10.0 Å². The van der Waals surface area contributed by atoms with Crippen LogP contribution in [0.1, 0.15) is 47.5 Å². The number of carboxylic acids is 1. The Balaban J connectivity index is 2.81. The Hall–Kier alpha value is -1.10. The molecule has 1 amide bonds. The van der Waals surface area contributed by atoms with Crippen molar-refractivity contribution in [1.29, 1.82) is 0 Å².